The summed E-state index contributed by atoms with van der Waals surface area (Å²) in [6.45, 7) is 3.49. The Morgan fingerprint density at radius 2 is 2.21 bits per heavy atom. The summed E-state index contributed by atoms with van der Waals surface area (Å²) in [5, 5.41) is 2.77. The SMILES string of the molecule is Cc1ccc(C2=CC3CN(C(=O)/C=C/c4cnc5c(c4)CCC(=O)N5)CC3C2)o1. The number of allylic oxidation sites excluding steroid dienone is 1. The molecule has 1 saturated heterocycles. The fourth-order valence-corrected chi connectivity index (χ4v) is 4.52. The van der Waals surface area contributed by atoms with Gasteiger partial charge in [0.25, 0.3) is 0 Å². The van der Waals surface area contributed by atoms with E-state index in [2.05, 4.69) is 16.4 Å². The molecule has 6 nitrogen and oxygen atoms in total. The number of furan rings is 1. The zero-order valence-corrected chi connectivity index (χ0v) is 16.4. The number of rotatable bonds is 3. The standard InChI is InChI=1S/C23H23N3O3/c1-14-2-5-20(29-14)17-9-18-12-26(13-19(18)10-17)22(28)7-3-15-8-16-4-6-21(27)25-23(16)24-11-15/h2-3,5,7-9,11,18-19H,4,6,10,12-13H2,1H3,(H,24,25,27)/b7-3+. The van der Waals surface area contributed by atoms with Gasteiger partial charge in [-0.15, -0.1) is 0 Å². The molecule has 2 aromatic rings. The fourth-order valence-electron chi connectivity index (χ4n) is 4.52. The molecule has 6 heteroatoms. The maximum absolute atomic E-state index is 12.7. The van der Waals surface area contributed by atoms with Crippen LogP contribution >= 0.6 is 0 Å². The van der Waals surface area contributed by atoms with Crippen LogP contribution in [0.4, 0.5) is 5.82 Å². The van der Waals surface area contributed by atoms with Crippen molar-refractivity contribution < 1.29 is 14.0 Å². The van der Waals surface area contributed by atoms with Crippen LogP contribution in [-0.2, 0) is 16.0 Å². The van der Waals surface area contributed by atoms with Crippen molar-refractivity contribution >= 4 is 29.3 Å². The normalized spacial score (nSPS) is 23.1. The first-order chi connectivity index (χ1) is 14.0. The average molecular weight is 389 g/mol. The number of fused-ring (bicyclic) bond motifs is 2. The first-order valence-corrected chi connectivity index (χ1v) is 10.1. The van der Waals surface area contributed by atoms with E-state index in [1.54, 1.807) is 12.3 Å². The topological polar surface area (TPSA) is 75.4 Å². The fraction of sp³-hybridized carbons (Fsp3) is 0.348. The number of anilines is 1. The molecule has 29 heavy (non-hydrogen) atoms. The maximum Gasteiger partial charge on any atom is 0.246 e. The lowest BCUT2D eigenvalue weighted by Gasteiger charge is -2.16. The van der Waals surface area contributed by atoms with Gasteiger partial charge in [0.1, 0.15) is 17.3 Å². The molecular formula is C23H23N3O3. The van der Waals surface area contributed by atoms with Gasteiger partial charge in [0.15, 0.2) is 0 Å². The largest absolute Gasteiger partial charge is 0.462 e. The lowest BCUT2D eigenvalue weighted by atomic mass is 9.99. The number of carbonyl (C=O) groups is 2. The lowest BCUT2D eigenvalue weighted by Crippen LogP contribution is -2.27. The monoisotopic (exact) mass is 389 g/mol. The Hall–Kier alpha value is -3.15. The molecule has 1 aliphatic carbocycles. The molecule has 4 heterocycles. The van der Waals surface area contributed by atoms with Crippen molar-refractivity contribution in [1.29, 1.82) is 0 Å². The van der Waals surface area contributed by atoms with Crippen molar-refractivity contribution in [2.45, 2.75) is 26.2 Å². The number of aryl methyl sites for hydroxylation is 2. The van der Waals surface area contributed by atoms with Gasteiger partial charge in [0, 0.05) is 31.8 Å². The Morgan fingerprint density at radius 3 is 3.00 bits per heavy atom. The molecule has 148 valence electrons. The van der Waals surface area contributed by atoms with E-state index in [1.165, 1.54) is 5.57 Å². The summed E-state index contributed by atoms with van der Waals surface area (Å²) < 4.78 is 5.75. The number of hydrogen-bond acceptors (Lipinski definition) is 4. The van der Waals surface area contributed by atoms with Crippen LogP contribution in [0.5, 0.6) is 0 Å². The molecule has 0 radical (unpaired) electrons. The molecular weight excluding hydrogens is 366 g/mol. The molecule has 2 unspecified atom stereocenters. The molecule has 2 amide bonds. The number of carbonyl (C=O) groups excluding carboxylic acids is 2. The second-order valence-electron chi connectivity index (χ2n) is 8.13. The highest BCUT2D eigenvalue weighted by atomic mass is 16.3. The average Bonchev–Trinajstić information content (AvgIpc) is 3.40. The third-order valence-corrected chi connectivity index (χ3v) is 6.04. The highest BCUT2D eigenvalue weighted by Gasteiger charge is 2.38. The number of hydrogen-bond donors (Lipinski definition) is 1. The van der Waals surface area contributed by atoms with Crippen LogP contribution in [0.2, 0.25) is 0 Å². The van der Waals surface area contributed by atoms with Gasteiger partial charge in [-0.3, -0.25) is 9.59 Å². The van der Waals surface area contributed by atoms with Crippen molar-refractivity contribution in [2.75, 3.05) is 18.4 Å². The number of likely N-dealkylation sites (tertiary alicyclic amines) is 1. The van der Waals surface area contributed by atoms with Gasteiger partial charge in [0.05, 0.1) is 0 Å². The van der Waals surface area contributed by atoms with Crippen LogP contribution < -0.4 is 5.32 Å². The minimum atomic E-state index is 0.00226. The quantitative estimate of drug-likeness (QED) is 0.816. The van der Waals surface area contributed by atoms with E-state index in [-0.39, 0.29) is 11.8 Å². The van der Waals surface area contributed by atoms with Crippen LogP contribution in [0.3, 0.4) is 0 Å². The van der Waals surface area contributed by atoms with Gasteiger partial charge in [-0.25, -0.2) is 4.98 Å². The number of nitrogens with zero attached hydrogens (tertiary/aromatic N) is 2. The second kappa shape index (κ2) is 7.03. The Morgan fingerprint density at radius 1 is 1.31 bits per heavy atom. The van der Waals surface area contributed by atoms with Gasteiger partial charge < -0.3 is 14.6 Å². The Bertz CT molecular complexity index is 1050. The lowest BCUT2D eigenvalue weighted by molar-refractivity contribution is -0.125. The van der Waals surface area contributed by atoms with E-state index in [0.717, 1.165) is 42.2 Å². The molecule has 0 aromatic carbocycles. The molecule has 2 aromatic heterocycles. The summed E-state index contributed by atoms with van der Waals surface area (Å²) in [6.07, 6.45) is 9.54. The van der Waals surface area contributed by atoms with Crippen molar-refractivity contribution in [3.63, 3.8) is 0 Å². The summed E-state index contributed by atoms with van der Waals surface area (Å²) in [5.41, 5.74) is 3.16. The van der Waals surface area contributed by atoms with Crippen molar-refractivity contribution in [3.05, 3.63) is 59.2 Å². The van der Waals surface area contributed by atoms with Crippen LogP contribution in [0.1, 0.15) is 35.5 Å². The van der Waals surface area contributed by atoms with Gasteiger partial charge >= 0.3 is 0 Å². The number of amides is 2. The first-order valence-electron chi connectivity index (χ1n) is 10.1. The summed E-state index contributed by atoms with van der Waals surface area (Å²) in [5.74, 6) is 3.44. The van der Waals surface area contributed by atoms with Crippen LogP contribution in [-0.4, -0.2) is 34.8 Å². The minimum Gasteiger partial charge on any atom is -0.462 e. The van der Waals surface area contributed by atoms with E-state index in [1.807, 2.05) is 36.1 Å². The summed E-state index contributed by atoms with van der Waals surface area (Å²) in [6, 6.07) is 6.02. The maximum atomic E-state index is 12.7. The highest BCUT2D eigenvalue weighted by molar-refractivity contribution is 5.94. The number of nitrogens with one attached hydrogen (secondary N) is 1. The first kappa shape index (κ1) is 17.9. The van der Waals surface area contributed by atoms with Crippen LogP contribution in [0.25, 0.3) is 11.6 Å². The third kappa shape index (κ3) is 3.50. The molecule has 0 bridgehead atoms. The molecule has 3 aliphatic rings. The van der Waals surface area contributed by atoms with Crippen LogP contribution in [0.15, 0.2) is 41.0 Å². The smallest absolute Gasteiger partial charge is 0.246 e. The van der Waals surface area contributed by atoms with Gasteiger partial charge in [-0.05, 0) is 72.6 Å². The Labute approximate surface area is 169 Å². The predicted octanol–water partition coefficient (Wildman–Crippen LogP) is 3.44. The molecule has 0 spiro atoms. The van der Waals surface area contributed by atoms with Gasteiger partial charge in [0.2, 0.25) is 11.8 Å². The van der Waals surface area contributed by atoms with Gasteiger partial charge in [-0.1, -0.05) is 6.08 Å². The molecule has 1 fully saturated rings. The van der Waals surface area contributed by atoms with Gasteiger partial charge in [-0.2, -0.15) is 0 Å². The molecule has 1 N–H and O–H groups in total. The molecule has 0 saturated carbocycles. The van der Waals surface area contributed by atoms with Crippen molar-refractivity contribution in [3.8, 4) is 0 Å². The Kier molecular flexibility index (Phi) is 4.34. The summed E-state index contributed by atoms with van der Waals surface area (Å²) in [4.78, 5) is 30.3. The number of aromatic nitrogens is 1. The van der Waals surface area contributed by atoms with E-state index < -0.39 is 0 Å². The molecule has 2 aliphatic heterocycles. The zero-order chi connectivity index (χ0) is 20.0. The van der Waals surface area contributed by atoms with E-state index in [4.69, 9.17) is 4.42 Å². The van der Waals surface area contributed by atoms with Crippen molar-refractivity contribution in [1.82, 2.24) is 9.88 Å². The minimum absolute atomic E-state index is 0.00226. The summed E-state index contributed by atoms with van der Waals surface area (Å²) in [7, 11) is 0. The predicted molar refractivity (Wildman–Crippen MR) is 110 cm³/mol. The van der Waals surface area contributed by atoms with Crippen LogP contribution in [0, 0.1) is 18.8 Å². The van der Waals surface area contributed by atoms with E-state index in [9.17, 15) is 9.59 Å². The van der Waals surface area contributed by atoms with E-state index >= 15 is 0 Å². The zero-order valence-electron chi connectivity index (χ0n) is 16.4. The summed E-state index contributed by atoms with van der Waals surface area (Å²) >= 11 is 0. The Balaban J connectivity index is 1.23. The second-order valence-corrected chi connectivity index (χ2v) is 8.13. The molecule has 2 atom stereocenters. The van der Waals surface area contributed by atoms with Crippen molar-refractivity contribution in [2.24, 2.45) is 11.8 Å². The third-order valence-electron chi connectivity index (χ3n) is 6.04. The highest BCUT2D eigenvalue weighted by Crippen LogP contribution is 2.41. The molecule has 5 rings (SSSR count). The number of pyridine rings is 1. The van der Waals surface area contributed by atoms with E-state index in [0.29, 0.717) is 30.5 Å².